The van der Waals surface area contributed by atoms with Crippen LogP contribution in [0, 0.1) is 17.0 Å². The number of nitrogens with zero attached hydrogens (tertiary/aromatic N) is 1. The highest BCUT2D eigenvalue weighted by Crippen LogP contribution is 2.18. The normalized spacial score (nSPS) is 10.2. The average molecular weight is 349 g/mol. The molecule has 2 rings (SSSR count). The van der Waals surface area contributed by atoms with E-state index in [0.717, 1.165) is 10.0 Å². The Morgan fingerprint density at radius 1 is 1.29 bits per heavy atom. The van der Waals surface area contributed by atoms with Crippen LogP contribution in [0.25, 0.3) is 0 Å². The number of amides is 1. The number of non-ortho nitro benzene ring substituents is 1. The van der Waals surface area contributed by atoms with Gasteiger partial charge < -0.3 is 5.32 Å². The Morgan fingerprint density at radius 3 is 2.71 bits per heavy atom. The molecule has 0 fully saturated rings. The summed E-state index contributed by atoms with van der Waals surface area (Å²) in [5.41, 5.74) is 2.28. The predicted molar refractivity (Wildman–Crippen MR) is 83.1 cm³/mol. The van der Waals surface area contributed by atoms with Crippen molar-refractivity contribution in [2.45, 2.75) is 13.5 Å². The van der Waals surface area contributed by atoms with E-state index >= 15 is 0 Å². The molecule has 0 aliphatic rings. The van der Waals surface area contributed by atoms with Gasteiger partial charge in [0.15, 0.2) is 0 Å². The van der Waals surface area contributed by atoms with Crippen molar-refractivity contribution < 1.29 is 9.72 Å². The molecule has 0 radical (unpaired) electrons. The van der Waals surface area contributed by atoms with E-state index in [-0.39, 0.29) is 18.1 Å². The van der Waals surface area contributed by atoms with Crippen molar-refractivity contribution in [2.24, 2.45) is 0 Å². The molecule has 0 aliphatic carbocycles. The highest BCUT2D eigenvalue weighted by atomic mass is 79.9. The second kappa shape index (κ2) is 6.49. The van der Waals surface area contributed by atoms with Crippen LogP contribution in [0.4, 0.5) is 5.69 Å². The topological polar surface area (TPSA) is 72.2 Å². The Kier molecular flexibility index (Phi) is 4.70. The summed E-state index contributed by atoms with van der Waals surface area (Å²) in [5, 5.41) is 13.5. The molecular formula is C15H13BrN2O3. The van der Waals surface area contributed by atoms with Crippen LogP contribution >= 0.6 is 15.9 Å². The molecular weight excluding hydrogens is 336 g/mol. The summed E-state index contributed by atoms with van der Waals surface area (Å²) in [6.07, 6.45) is 0. The lowest BCUT2D eigenvalue weighted by Crippen LogP contribution is -2.23. The van der Waals surface area contributed by atoms with Gasteiger partial charge in [0.1, 0.15) is 0 Å². The molecule has 0 heterocycles. The molecule has 21 heavy (non-hydrogen) atoms. The van der Waals surface area contributed by atoms with Gasteiger partial charge in [0.05, 0.1) is 10.5 Å². The second-order valence-corrected chi connectivity index (χ2v) is 5.45. The fraction of sp³-hybridized carbons (Fsp3) is 0.133. The van der Waals surface area contributed by atoms with Gasteiger partial charge in [-0.1, -0.05) is 18.2 Å². The molecule has 5 nitrogen and oxygen atoms in total. The predicted octanol–water partition coefficient (Wildman–Crippen LogP) is 3.60. The van der Waals surface area contributed by atoms with Gasteiger partial charge in [-0.05, 0) is 46.1 Å². The van der Waals surface area contributed by atoms with E-state index in [1.807, 2.05) is 19.1 Å². The molecule has 0 unspecified atom stereocenters. The molecule has 2 aromatic carbocycles. The maximum Gasteiger partial charge on any atom is 0.269 e. The van der Waals surface area contributed by atoms with E-state index in [1.54, 1.807) is 18.2 Å². The van der Waals surface area contributed by atoms with E-state index in [1.165, 1.54) is 12.1 Å². The second-order valence-electron chi connectivity index (χ2n) is 4.59. The zero-order valence-electron chi connectivity index (χ0n) is 11.3. The van der Waals surface area contributed by atoms with E-state index < -0.39 is 4.92 Å². The Hall–Kier alpha value is -2.21. The van der Waals surface area contributed by atoms with Crippen molar-refractivity contribution >= 4 is 27.5 Å². The molecule has 0 saturated carbocycles. The fourth-order valence-corrected chi connectivity index (χ4v) is 2.54. The molecule has 1 N–H and O–H groups in total. The number of nitrogens with one attached hydrogen (secondary N) is 1. The first-order chi connectivity index (χ1) is 9.97. The van der Waals surface area contributed by atoms with Crippen LogP contribution in [0.5, 0.6) is 0 Å². The van der Waals surface area contributed by atoms with Gasteiger partial charge in [0.25, 0.3) is 11.6 Å². The average Bonchev–Trinajstić information content (AvgIpc) is 2.45. The molecule has 108 valence electrons. The number of rotatable bonds is 4. The third-order valence-corrected chi connectivity index (χ3v) is 3.60. The van der Waals surface area contributed by atoms with Crippen LogP contribution in [-0.4, -0.2) is 10.8 Å². The number of hydrogen-bond donors (Lipinski definition) is 1. The quantitative estimate of drug-likeness (QED) is 0.677. The number of hydrogen-bond acceptors (Lipinski definition) is 3. The highest BCUT2D eigenvalue weighted by Gasteiger charge is 2.11. The number of carbonyl (C=O) groups excluding carboxylic acids is 1. The number of aryl methyl sites for hydroxylation is 1. The number of nitro groups is 1. The summed E-state index contributed by atoms with van der Waals surface area (Å²) in [6.45, 7) is 2.18. The van der Waals surface area contributed by atoms with Crippen molar-refractivity contribution in [3.63, 3.8) is 0 Å². The molecule has 2 aromatic rings. The van der Waals surface area contributed by atoms with Crippen LogP contribution in [0.15, 0.2) is 46.9 Å². The zero-order valence-corrected chi connectivity index (χ0v) is 12.9. The van der Waals surface area contributed by atoms with E-state index in [9.17, 15) is 14.9 Å². The molecule has 0 bridgehead atoms. The van der Waals surface area contributed by atoms with Crippen molar-refractivity contribution in [2.75, 3.05) is 0 Å². The number of carbonyl (C=O) groups is 1. The molecule has 0 aliphatic heterocycles. The third kappa shape index (κ3) is 3.88. The van der Waals surface area contributed by atoms with Gasteiger partial charge in [-0.15, -0.1) is 0 Å². The van der Waals surface area contributed by atoms with Crippen LogP contribution in [-0.2, 0) is 6.54 Å². The first-order valence-electron chi connectivity index (χ1n) is 6.25. The minimum atomic E-state index is -0.456. The Bertz CT molecular complexity index is 701. The van der Waals surface area contributed by atoms with Crippen molar-refractivity contribution in [1.29, 1.82) is 0 Å². The molecule has 0 saturated heterocycles. The number of nitro benzene ring substituents is 1. The van der Waals surface area contributed by atoms with Gasteiger partial charge >= 0.3 is 0 Å². The Labute approximate surface area is 130 Å². The van der Waals surface area contributed by atoms with Crippen LogP contribution in [0.3, 0.4) is 0 Å². The summed E-state index contributed by atoms with van der Waals surface area (Å²) in [4.78, 5) is 22.3. The lowest BCUT2D eigenvalue weighted by atomic mass is 10.1. The summed E-state index contributed by atoms with van der Waals surface area (Å²) in [5.74, 6) is -0.228. The van der Waals surface area contributed by atoms with Crippen LogP contribution in [0.2, 0.25) is 0 Å². The van der Waals surface area contributed by atoms with Crippen LogP contribution < -0.4 is 5.32 Å². The van der Waals surface area contributed by atoms with E-state index in [0.29, 0.717) is 11.1 Å². The Balaban J connectivity index is 2.07. The zero-order chi connectivity index (χ0) is 15.4. The van der Waals surface area contributed by atoms with Crippen molar-refractivity contribution in [3.05, 3.63) is 73.7 Å². The minimum absolute atomic E-state index is 0.0123. The lowest BCUT2D eigenvalue weighted by Gasteiger charge is -2.07. The third-order valence-electron chi connectivity index (χ3n) is 2.94. The first-order valence-corrected chi connectivity index (χ1v) is 7.04. The molecule has 0 spiro atoms. The van der Waals surface area contributed by atoms with Gasteiger partial charge in [-0.3, -0.25) is 14.9 Å². The largest absolute Gasteiger partial charge is 0.348 e. The van der Waals surface area contributed by atoms with Crippen molar-refractivity contribution in [1.82, 2.24) is 5.32 Å². The lowest BCUT2D eigenvalue weighted by molar-refractivity contribution is -0.384. The fourth-order valence-electron chi connectivity index (χ4n) is 1.86. The smallest absolute Gasteiger partial charge is 0.269 e. The van der Waals surface area contributed by atoms with E-state index in [2.05, 4.69) is 21.2 Å². The standard InChI is InChI=1S/C15H13BrN2O3/c1-10-5-6-13(14(16)7-10)15(19)17-9-11-3-2-4-12(8-11)18(20)21/h2-8H,9H2,1H3,(H,17,19). The van der Waals surface area contributed by atoms with E-state index in [4.69, 9.17) is 0 Å². The minimum Gasteiger partial charge on any atom is -0.348 e. The summed E-state index contributed by atoms with van der Waals surface area (Å²) >= 11 is 3.35. The molecule has 6 heteroatoms. The van der Waals surface area contributed by atoms with Crippen LogP contribution in [0.1, 0.15) is 21.5 Å². The summed E-state index contributed by atoms with van der Waals surface area (Å²) in [7, 11) is 0. The molecule has 0 atom stereocenters. The van der Waals surface area contributed by atoms with Gasteiger partial charge in [-0.25, -0.2) is 0 Å². The molecule has 1 amide bonds. The first kappa shape index (κ1) is 15.2. The van der Waals surface area contributed by atoms with Crippen molar-refractivity contribution in [3.8, 4) is 0 Å². The highest BCUT2D eigenvalue weighted by molar-refractivity contribution is 9.10. The monoisotopic (exact) mass is 348 g/mol. The SMILES string of the molecule is Cc1ccc(C(=O)NCc2cccc([N+](=O)[O-])c2)c(Br)c1. The number of benzene rings is 2. The summed E-state index contributed by atoms with van der Waals surface area (Å²) in [6, 6.07) is 11.7. The maximum atomic E-state index is 12.1. The van der Waals surface area contributed by atoms with Gasteiger partial charge in [-0.2, -0.15) is 0 Å². The number of halogens is 1. The Morgan fingerprint density at radius 2 is 2.05 bits per heavy atom. The summed E-state index contributed by atoms with van der Waals surface area (Å²) < 4.78 is 0.721. The molecule has 0 aromatic heterocycles. The van der Waals surface area contributed by atoms with Gasteiger partial charge in [0, 0.05) is 23.2 Å². The maximum absolute atomic E-state index is 12.1. The van der Waals surface area contributed by atoms with Gasteiger partial charge in [0.2, 0.25) is 0 Å².